The number of amides is 1. The maximum atomic E-state index is 12.5. The highest BCUT2D eigenvalue weighted by molar-refractivity contribution is 7.81. The summed E-state index contributed by atoms with van der Waals surface area (Å²) in [6, 6.07) is 0.339. The van der Waals surface area contributed by atoms with E-state index in [1.54, 1.807) is 0 Å². The van der Waals surface area contributed by atoms with Gasteiger partial charge in [-0.25, -0.2) is 4.79 Å². The van der Waals surface area contributed by atoms with Gasteiger partial charge in [0, 0.05) is 12.7 Å². The summed E-state index contributed by atoms with van der Waals surface area (Å²) >= 11 is 0. The van der Waals surface area contributed by atoms with E-state index in [4.69, 9.17) is 0 Å². The Morgan fingerprint density at radius 3 is 2.77 bits per heavy atom. The summed E-state index contributed by atoms with van der Waals surface area (Å²) < 4.78 is 42.0. The van der Waals surface area contributed by atoms with Crippen LogP contribution in [0.2, 0.25) is 0 Å². The summed E-state index contributed by atoms with van der Waals surface area (Å²) in [5.74, 6) is -1.50. The number of nitrogens with zero attached hydrogens (tertiary/aromatic N) is 2. The molecule has 1 saturated heterocycles. The van der Waals surface area contributed by atoms with Gasteiger partial charge in [0.1, 0.15) is 6.04 Å². The summed E-state index contributed by atoms with van der Waals surface area (Å²) in [5.41, 5.74) is -0.0167. The van der Waals surface area contributed by atoms with E-state index < -0.39 is 34.2 Å². The Labute approximate surface area is 126 Å². The predicted molar refractivity (Wildman–Crippen MR) is 71.0 cm³/mol. The monoisotopic (exact) mass is 332 g/mol. The molecule has 1 aliphatic rings. The van der Waals surface area contributed by atoms with Gasteiger partial charge in [0.25, 0.3) is 5.91 Å². The van der Waals surface area contributed by atoms with Crippen LogP contribution in [0.3, 0.4) is 0 Å². The Bertz CT molecular complexity index is 693. The highest BCUT2D eigenvalue weighted by Gasteiger charge is 2.35. The van der Waals surface area contributed by atoms with E-state index in [2.05, 4.69) is 13.9 Å². The van der Waals surface area contributed by atoms with Crippen LogP contribution in [-0.2, 0) is 20.0 Å². The van der Waals surface area contributed by atoms with Crippen molar-refractivity contribution in [3.63, 3.8) is 0 Å². The van der Waals surface area contributed by atoms with Crippen molar-refractivity contribution in [2.45, 2.75) is 18.9 Å². The lowest BCUT2D eigenvalue weighted by atomic mass is 10.2. The zero-order valence-corrected chi connectivity index (χ0v) is 12.4. The van der Waals surface area contributed by atoms with Gasteiger partial charge in [0.05, 0.1) is 18.9 Å². The number of ether oxygens (including phenoxy) is 1. The van der Waals surface area contributed by atoms with Crippen LogP contribution in [0.4, 0.5) is 3.89 Å². The van der Waals surface area contributed by atoms with Crippen LogP contribution < -0.4 is 4.18 Å². The molecular weight excluding hydrogens is 319 g/mol. The Hall–Kier alpha value is -2.23. The topological polar surface area (TPSA) is 103 Å². The molecular formula is C12H13FN2O6S. The van der Waals surface area contributed by atoms with Gasteiger partial charge in [-0.1, -0.05) is 3.89 Å². The second kappa shape index (κ2) is 6.26. The number of esters is 1. The first kappa shape index (κ1) is 16.1. The quantitative estimate of drug-likeness (QED) is 0.582. The van der Waals surface area contributed by atoms with Crippen molar-refractivity contribution in [1.29, 1.82) is 0 Å². The first-order valence-electron chi connectivity index (χ1n) is 6.30. The average Bonchev–Trinajstić information content (AvgIpc) is 2.93. The molecule has 0 unspecified atom stereocenters. The number of aromatic nitrogens is 1. The van der Waals surface area contributed by atoms with Crippen molar-refractivity contribution in [3.8, 4) is 5.75 Å². The molecule has 0 N–H and O–H groups in total. The van der Waals surface area contributed by atoms with Crippen LogP contribution in [-0.4, -0.2) is 49.9 Å². The number of rotatable bonds is 4. The number of halogens is 1. The first-order chi connectivity index (χ1) is 10.3. The minimum atomic E-state index is -5.21. The molecule has 1 aromatic rings. The van der Waals surface area contributed by atoms with Crippen molar-refractivity contribution in [2.75, 3.05) is 13.7 Å². The van der Waals surface area contributed by atoms with Crippen LogP contribution in [0.15, 0.2) is 18.5 Å². The summed E-state index contributed by atoms with van der Waals surface area (Å²) in [5, 5.41) is 0. The number of carbonyl (C=O) groups excluding carboxylic acids is 2. The van der Waals surface area contributed by atoms with Gasteiger partial charge in [-0.15, -0.1) is 0 Å². The van der Waals surface area contributed by atoms with Crippen LogP contribution in [0.1, 0.15) is 23.2 Å². The van der Waals surface area contributed by atoms with Crippen molar-refractivity contribution in [1.82, 2.24) is 9.88 Å². The second-order valence-electron chi connectivity index (χ2n) is 4.57. The van der Waals surface area contributed by atoms with Crippen molar-refractivity contribution < 1.29 is 30.8 Å². The molecule has 1 aliphatic heterocycles. The van der Waals surface area contributed by atoms with Crippen LogP contribution in [0, 0.1) is 0 Å². The Morgan fingerprint density at radius 2 is 2.14 bits per heavy atom. The molecule has 0 spiro atoms. The SMILES string of the molecule is COC(=O)[C@H]1CCCN1C(=O)c1cncc(OS(=O)(=O)F)c1. The number of hydrogen-bond donors (Lipinski definition) is 0. The smallest absolute Gasteiger partial charge is 0.467 e. The molecule has 8 nitrogen and oxygen atoms in total. The molecule has 2 heterocycles. The first-order valence-corrected chi connectivity index (χ1v) is 7.60. The zero-order valence-electron chi connectivity index (χ0n) is 11.6. The molecule has 0 bridgehead atoms. The molecule has 1 aromatic heterocycles. The Morgan fingerprint density at radius 1 is 1.41 bits per heavy atom. The Balaban J connectivity index is 2.22. The van der Waals surface area contributed by atoms with E-state index in [9.17, 15) is 21.9 Å². The maximum absolute atomic E-state index is 12.5. The summed E-state index contributed by atoms with van der Waals surface area (Å²) in [7, 11) is -3.98. The lowest BCUT2D eigenvalue weighted by molar-refractivity contribution is -0.145. The standard InChI is InChI=1S/C12H13FN2O6S/c1-20-12(17)10-3-2-4-15(10)11(16)8-5-9(7-14-6-8)21-22(13,18)19/h5-7,10H,2-4H2,1H3/t10-/m1/s1. The molecule has 1 amide bonds. The summed E-state index contributed by atoms with van der Waals surface area (Å²) in [4.78, 5) is 28.9. The predicted octanol–water partition coefficient (Wildman–Crippen LogP) is 0.452. The minimum absolute atomic E-state index is 0.0167. The highest BCUT2D eigenvalue weighted by atomic mass is 32.3. The number of hydrogen-bond acceptors (Lipinski definition) is 7. The van der Waals surface area contributed by atoms with Gasteiger partial charge in [0.15, 0.2) is 5.75 Å². The Kier molecular flexibility index (Phi) is 4.59. The molecule has 22 heavy (non-hydrogen) atoms. The third-order valence-corrected chi connectivity index (χ3v) is 3.53. The molecule has 0 aliphatic carbocycles. The van der Waals surface area contributed by atoms with E-state index in [1.165, 1.54) is 18.2 Å². The van der Waals surface area contributed by atoms with E-state index >= 15 is 0 Å². The average molecular weight is 332 g/mol. The molecule has 120 valence electrons. The fourth-order valence-electron chi connectivity index (χ4n) is 2.25. The number of methoxy groups -OCH3 is 1. The van der Waals surface area contributed by atoms with Crippen LogP contribution >= 0.6 is 0 Å². The van der Waals surface area contributed by atoms with Crippen LogP contribution in [0.5, 0.6) is 5.75 Å². The normalized spacial score (nSPS) is 18.1. The maximum Gasteiger partial charge on any atom is 0.488 e. The van der Waals surface area contributed by atoms with Gasteiger partial charge in [-0.05, 0) is 18.9 Å². The lowest BCUT2D eigenvalue weighted by Crippen LogP contribution is -2.41. The molecule has 0 saturated carbocycles. The highest BCUT2D eigenvalue weighted by Crippen LogP contribution is 2.22. The second-order valence-corrected chi connectivity index (χ2v) is 5.52. The van der Waals surface area contributed by atoms with E-state index in [0.29, 0.717) is 19.4 Å². The minimum Gasteiger partial charge on any atom is -0.467 e. The van der Waals surface area contributed by atoms with Gasteiger partial charge < -0.3 is 13.8 Å². The number of pyridine rings is 1. The van der Waals surface area contributed by atoms with Gasteiger partial charge in [-0.2, -0.15) is 8.42 Å². The molecule has 0 radical (unpaired) electrons. The third kappa shape index (κ3) is 3.70. The van der Waals surface area contributed by atoms with Crippen molar-refractivity contribution in [3.05, 3.63) is 24.0 Å². The fourth-order valence-corrected chi connectivity index (χ4v) is 2.57. The molecule has 10 heteroatoms. The molecule has 2 rings (SSSR count). The third-order valence-electron chi connectivity index (χ3n) is 3.14. The summed E-state index contributed by atoms with van der Waals surface area (Å²) in [6.07, 6.45) is 3.23. The largest absolute Gasteiger partial charge is 0.488 e. The summed E-state index contributed by atoms with van der Waals surface area (Å²) in [6.45, 7) is 0.352. The molecule has 1 atom stereocenters. The van der Waals surface area contributed by atoms with Gasteiger partial charge in [-0.3, -0.25) is 9.78 Å². The van der Waals surface area contributed by atoms with Crippen LogP contribution in [0.25, 0.3) is 0 Å². The van der Waals surface area contributed by atoms with Crippen molar-refractivity contribution >= 4 is 22.4 Å². The number of likely N-dealkylation sites (tertiary alicyclic amines) is 1. The van der Waals surface area contributed by atoms with E-state index in [-0.39, 0.29) is 5.56 Å². The lowest BCUT2D eigenvalue weighted by Gasteiger charge is -2.22. The van der Waals surface area contributed by atoms with Gasteiger partial charge in [0.2, 0.25) is 0 Å². The number of carbonyl (C=O) groups is 2. The van der Waals surface area contributed by atoms with Gasteiger partial charge >= 0.3 is 16.5 Å². The van der Waals surface area contributed by atoms with E-state index in [1.807, 2.05) is 0 Å². The zero-order chi connectivity index (χ0) is 16.3. The van der Waals surface area contributed by atoms with E-state index in [0.717, 1.165) is 12.3 Å². The fraction of sp³-hybridized carbons (Fsp3) is 0.417. The van der Waals surface area contributed by atoms with Crippen molar-refractivity contribution in [2.24, 2.45) is 0 Å². The molecule has 1 fully saturated rings. The molecule has 0 aromatic carbocycles.